The molecule has 0 aliphatic carbocycles. The first kappa shape index (κ1) is 17.7. The van der Waals surface area contributed by atoms with E-state index in [0.29, 0.717) is 41.3 Å². The molecule has 7 heteroatoms. The molecule has 0 bridgehead atoms. The molecule has 0 saturated carbocycles. The molecule has 2 aromatic rings. The lowest BCUT2D eigenvalue weighted by Gasteiger charge is -2.14. The summed E-state index contributed by atoms with van der Waals surface area (Å²) >= 11 is 0. The van der Waals surface area contributed by atoms with E-state index in [0.717, 1.165) is 0 Å². The summed E-state index contributed by atoms with van der Waals surface area (Å²) in [7, 11) is 4.47. The van der Waals surface area contributed by atoms with Crippen LogP contribution in [0, 0.1) is 0 Å². The molecule has 0 fully saturated rings. The zero-order valence-electron chi connectivity index (χ0n) is 13.9. The van der Waals surface area contributed by atoms with E-state index >= 15 is 0 Å². The summed E-state index contributed by atoms with van der Waals surface area (Å²) in [5, 5.41) is 12.7. The minimum Gasteiger partial charge on any atom is -0.493 e. The highest BCUT2D eigenvalue weighted by Gasteiger charge is 2.17. The Bertz CT molecular complexity index is 643. The number of nitrogens with one attached hydrogen (secondary N) is 1. The van der Waals surface area contributed by atoms with Crippen LogP contribution < -0.4 is 19.5 Å². The molecular weight excluding hydrogens is 314 g/mol. The van der Waals surface area contributed by atoms with E-state index in [9.17, 15) is 9.90 Å². The van der Waals surface area contributed by atoms with Crippen molar-refractivity contribution < 1.29 is 28.5 Å². The number of carbonyl (C=O) groups is 1. The molecule has 1 heterocycles. The lowest BCUT2D eigenvalue weighted by atomic mass is 10.1. The highest BCUT2D eigenvalue weighted by molar-refractivity contribution is 5.95. The van der Waals surface area contributed by atoms with Crippen molar-refractivity contribution in [2.45, 2.75) is 12.5 Å². The van der Waals surface area contributed by atoms with Gasteiger partial charge < -0.3 is 29.1 Å². The van der Waals surface area contributed by atoms with Crippen molar-refractivity contribution in [2.75, 3.05) is 27.9 Å². The topological polar surface area (TPSA) is 90.2 Å². The fraction of sp³-hybridized carbons (Fsp3) is 0.353. The summed E-state index contributed by atoms with van der Waals surface area (Å²) in [6.45, 7) is 0.307. The van der Waals surface area contributed by atoms with Crippen LogP contribution in [0.4, 0.5) is 0 Å². The van der Waals surface area contributed by atoms with Crippen LogP contribution in [0.25, 0.3) is 0 Å². The quantitative estimate of drug-likeness (QED) is 0.768. The normalized spacial score (nSPS) is 11.7. The molecule has 0 radical (unpaired) electrons. The van der Waals surface area contributed by atoms with Gasteiger partial charge in [-0.1, -0.05) is 0 Å². The van der Waals surface area contributed by atoms with Crippen molar-refractivity contribution in [2.24, 2.45) is 0 Å². The monoisotopic (exact) mass is 335 g/mol. The van der Waals surface area contributed by atoms with Crippen LogP contribution >= 0.6 is 0 Å². The lowest BCUT2D eigenvalue weighted by molar-refractivity contribution is 0.0941. The van der Waals surface area contributed by atoms with Crippen LogP contribution in [0.15, 0.2) is 35.1 Å². The second kappa shape index (κ2) is 8.26. The molecular formula is C17H21NO6. The zero-order chi connectivity index (χ0) is 17.5. The predicted molar refractivity (Wildman–Crippen MR) is 86.7 cm³/mol. The van der Waals surface area contributed by atoms with E-state index in [1.165, 1.54) is 33.9 Å². The highest BCUT2D eigenvalue weighted by atomic mass is 16.5. The Kier molecular flexibility index (Phi) is 6.08. The van der Waals surface area contributed by atoms with Crippen LogP contribution in [0.3, 0.4) is 0 Å². The number of methoxy groups -OCH3 is 3. The Morgan fingerprint density at radius 3 is 2.38 bits per heavy atom. The molecule has 1 amide bonds. The fourth-order valence-electron chi connectivity index (χ4n) is 2.27. The number of aliphatic hydroxyl groups excluding tert-OH is 1. The summed E-state index contributed by atoms with van der Waals surface area (Å²) in [4.78, 5) is 12.3. The first-order valence-electron chi connectivity index (χ1n) is 7.39. The summed E-state index contributed by atoms with van der Waals surface area (Å²) in [6, 6.07) is 4.83. The highest BCUT2D eigenvalue weighted by Crippen LogP contribution is 2.38. The Hall–Kier alpha value is -2.67. The average molecular weight is 335 g/mol. The van der Waals surface area contributed by atoms with Crippen molar-refractivity contribution in [1.29, 1.82) is 0 Å². The Morgan fingerprint density at radius 1 is 1.21 bits per heavy atom. The summed E-state index contributed by atoms with van der Waals surface area (Å²) in [5.74, 6) is 0.932. The van der Waals surface area contributed by atoms with Gasteiger partial charge in [-0.2, -0.15) is 0 Å². The number of ether oxygens (including phenoxy) is 3. The van der Waals surface area contributed by atoms with E-state index in [1.54, 1.807) is 18.2 Å². The Balaban J connectivity index is 2.01. The van der Waals surface area contributed by atoms with Gasteiger partial charge in [-0.25, -0.2) is 0 Å². The summed E-state index contributed by atoms with van der Waals surface area (Å²) in [5.41, 5.74) is 1.05. The van der Waals surface area contributed by atoms with Gasteiger partial charge in [0.2, 0.25) is 5.75 Å². The third kappa shape index (κ3) is 3.99. The summed E-state index contributed by atoms with van der Waals surface area (Å²) < 4.78 is 20.6. The van der Waals surface area contributed by atoms with Crippen LogP contribution in [-0.2, 0) is 0 Å². The van der Waals surface area contributed by atoms with Gasteiger partial charge in [-0.05, 0) is 24.6 Å². The smallest absolute Gasteiger partial charge is 0.251 e. The molecule has 0 spiro atoms. The van der Waals surface area contributed by atoms with Gasteiger partial charge in [-0.3, -0.25) is 4.79 Å². The van der Waals surface area contributed by atoms with E-state index in [1.807, 2.05) is 0 Å². The van der Waals surface area contributed by atoms with Gasteiger partial charge in [0.1, 0.15) is 0 Å². The first-order chi connectivity index (χ1) is 11.6. The van der Waals surface area contributed by atoms with E-state index in [2.05, 4.69) is 5.32 Å². The average Bonchev–Trinajstić information content (AvgIpc) is 3.14. The molecule has 1 aromatic heterocycles. The van der Waals surface area contributed by atoms with Crippen LogP contribution in [0.1, 0.15) is 28.4 Å². The van der Waals surface area contributed by atoms with Gasteiger partial charge in [0, 0.05) is 17.7 Å². The van der Waals surface area contributed by atoms with Crippen LogP contribution in [-0.4, -0.2) is 38.9 Å². The number of benzene rings is 1. The minimum atomic E-state index is -0.691. The van der Waals surface area contributed by atoms with Crippen molar-refractivity contribution in [3.05, 3.63) is 41.9 Å². The van der Waals surface area contributed by atoms with Crippen LogP contribution in [0.5, 0.6) is 17.2 Å². The van der Waals surface area contributed by atoms with E-state index in [4.69, 9.17) is 18.6 Å². The molecule has 2 rings (SSSR count). The van der Waals surface area contributed by atoms with E-state index < -0.39 is 6.10 Å². The molecule has 1 aromatic carbocycles. The molecule has 24 heavy (non-hydrogen) atoms. The second-order valence-electron chi connectivity index (χ2n) is 5.03. The first-order valence-corrected chi connectivity index (χ1v) is 7.39. The SMILES string of the molecule is COc1cc(C(=O)NCCC(O)c2ccoc2)cc(OC)c1OC. The van der Waals surface area contributed by atoms with Gasteiger partial charge >= 0.3 is 0 Å². The number of aliphatic hydroxyl groups is 1. The number of rotatable bonds is 8. The molecule has 0 saturated heterocycles. The number of hydrogen-bond acceptors (Lipinski definition) is 6. The molecule has 2 N–H and O–H groups in total. The maximum absolute atomic E-state index is 12.3. The number of carbonyl (C=O) groups excluding carboxylic acids is 1. The van der Waals surface area contributed by atoms with Gasteiger partial charge in [0.25, 0.3) is 5.91 Å². The standard InChI is InChI=1S/C17H21NO6/c1-21-14-8-12(9-15(22-2)16(14)23-3)17(20)18-6-4-13(19)11-5-7-24-10-11/h5,7-10,13,19H,4,6H2,1-3H3,(H,18,20). The number of amides is 1. The number of hydrogen-bond donors (Lipinski definition) is 2. The zero-order valence-corrected chi connectivity index (χ0v) is 13.9. The Morgan fingerprint density at radius 2 is 1.88 bits per heavy atom. The second-order valence-corrected chi connectivity index (χ2v) is 5.03. The maximum atomic E-state index is 12.3. The molecule has 7 nitrogen and oxygen atoms in total. The van der Waals surface area contributed by atoms with Crippen molar-refractivity contribution in [3.63, 3.8) is 0 Å². The van der Waals surface area contributed by atoms with Gasteiger partial charge in [0.05, 0.1) is 40.0 Å². The largest absolute Gasteiger partial charge is 0.493 e. The molecule has 1 atom stereocenters. The van der Waals surface area contributed by atoms with Gasteiger partial charge in [0.15, 0.2) is 11.5 Å². The van der Waals surface area contributed by atoms with Crippen molar-refractivity contribution >= 4 is 5.91 Å². The van der Waals surface area contributed by atoms with Crippen LogP contribution in [0.2, 0.25) is 0 Å². The van der Waals surface area contributed by atoms with Gasteiger partial charge in [-0.15, -0.1) is 0 Å². The van der Waals surface area contributed by atoms with E-state index in [-0.39, 0.29) is 5.91 Å². The molecule has 0 aliphatic rings. The number of furan rings is 1. The maximum Gasteiger partial charge on any atom is 0.251 e. The predicted octanol–water partition coefficient (Wildman–Crippen LogP) is 2.16. The molecule has 1 unspecified atom stereocenters. The fourth-order valence-corrected chi connectivity index (χ4v) is 2.27. The lowest BCUT2D eigenvalue weighted by Crippen LogP contribution is -2.25. The minimum absolute atomic E-state index is 0.298. The Labute approximate surface area is 140 Å². The summed E-state index contributed by atoms with van der Waals surface area (Å²) in [6.07, 6.45) is 2.65. The molecule has 130 valence electrons. The molecule has 0 aliphatic heterocycles. The third-order valence-electron chi connectivity index (χ3n) is 3.56. The third-order valence-corrected chi connectivity index (χ3v) is 3.56. The van der Waals surface area contributed by atoms with Crippen molar-refractivity contribution in [1.82, 2.24) is 5.32 Å². The van der Waals surface area contributed by atoms with Crippen molar-refractivity contribution in [3.8, 4) is 17.2 Å².